The minimum Gasteiger partial charge on any atom is -0.508 e. The minimum absolute atomic E-state index is 0.0384. The van der Waals surface area contributed by atoms with E-state index in [0.717, 1.165) is 17.5 Å². The van der Waals surface area contributed by atoms with Gasteiger partial charge in [0.2, 0.25) is 0 Å². The highest BCUT2D eigenvalue weighted by molar-refractivity contribution is 5.36. The van der Waals surface area contributed by atoms with E-state index in [2.05, 4.69) is 0 Å². The highest BCUT2D eigenvalue weighted by Gasteiger charge is 2.04. The molecule has 2 nitrogen and oxygen atoms in total. The lowest BCUT2D eigenvalue weighted by Gasteiger charge is -2.09. The Morgan fingerprint density at radius 2 is 2.17 bits per heavy atom. The van der Waals surface area contributed by atoms with Crippen LogP contribution in [0.15, 0.2) is 18.2 Å². The van der Waals surface area contributed by atoms with Crippen molar-refractivity contribution in [2.75, 3.05) is 0 Å². The Morgan fingerprint density at radius 1 is 1.50 bits per heavy atom. The molecule has 1 aromatic rings. The molecular formula is C10H15NO. The minimum atomic E-state index is 0.0384. The van der Waals surface area contributed by atoms with E-state index >= 15 is 0 Å². The summed E-state index contributed by atoms with van der Waals surface area (Å²) in [7, 11) is 0. The summed E-state index contributed by atoms with van der Waals surface area (Å²) in [5, 5.41) is 9.39. The van der Waals surface area contributed by atoms with Crippen LogP contribution in [-0.2, 0) is 0 Å². The average molecular weight is 165 g/mol. The van der Waals surface area contributed by atoms with Crippen LogP contribution in [0.25, 0.3) is 0 Å². The first kappa shape index (κ1) is 9.07. The quantitative estimate of drug-likeness (QED) is 0.705. The standard InChI is InChI=1S/C10H15NO/c1-3-9(11)8-5-4-7(2)10(12)6-8/h4-6,9,12H,3,11H2,1-2H3. The molecule has 0 spiro atoms. The molecule has 0 radical (unpaired) electrons. The van der Waals surface area contributed by atoms with Crippen molar-refractivity contribution in [3.05, 3.63) is 29.3 Å². The lowest BCUT2D eigenvalue weighted by atomic mass is 10.0. The fourth-order valence-electron chi connectivity index (χ4n) is 1.09. The zero-order valence-corrected chi connectivity index (χ0v) is 7.54. The molecule has 0 aliphatic rings. The molecule has 0 saturated carbocycles. The number of aryl methyl sites for hydroxylation is 1. The largest absolute Gasteiger partial charge is 0.508 e. The van der Waals surface area contributed by atoms with E-state index in [-0.39, 0.29) is 6.04 Å². The average Bonchev–Trinajstić information content (AvgIpc) is 2.08. The van der Waals surface area contributed by atoms with Crippen molar-refractivity contribution in [1.29, 1.82) is 0 Å². The second-order valence-corrected chi connectivity index (χ2v) is 3.06. The van der Waals surface area contributed by atoms with Crippen LogP contribution in [0, 0.1) is 6.92 Å². The number of phenols is 1. The van der Waals surface area contributed by atoms with Crippen molar-refractivity contribution in [3.63, 3.8) is 0 Å². The molecule has 3 N–H and O–H groups in total. The van der Waals surface area contributed by atoms with E-state index in [0.29, 0.717) is 5.75 Å². The van der Waals surface area contributed by atoms with Gasteiger partial charge in [0, 0.05) is 6.04 Å². The normalized spacial score (nSPS) is 12.9. The van der Waals surface area contributed by atoms with Gasteiger partial charge in [0.05, 0.1) is 0 Å². The molecule has 1 rings (SSSR count). The van der Waals surface area contributed by atoms with Crippen LogP contribution in [0.4, 0.5) is 0 Å². The van der Waals surface area contributed by atoms with Gasteiger partial charge in [0.25, 0.3) is 0 Å². The molecule has 0 bridgehead atoms. The smallest absolute Gasteiger partial charge is 0.118 e. The first-order valence-electron chi connectivity index (χ1n) is 4.20. The second kappa shape index (κ2) is 3.59. The van der Waals surface area contributed by atoms with E-state index < -0.39 is 0 Å². The Hall–Kier alpha value is -1.02. The fraction of sp³-hybridized carbons (Fsp3) is 0.400. The maximum atomic E-state index is 9.39. The molecule has 1 atom stereocenters. The first-order chi connectivity index (χ1) is 5.65. The van der Waals surface area contributed by atoms with Crippen molar-refractivity contribution in [3.8, 4) is 5.75 Å². The van der Waals surface area contributed by atoms with Crippen LogP contribution in [0.1, 0.15) is 30.5 Å². The Morgan fingerprint density at radius 3 is 2.67 bits per heavy atom. The van der Waals surface area contributed by atoms with Gasteiger partial charge >= 0.3 is 0 Å². The molecule has 0 amide bonds. The van der Waals surface area contributed by atoms with E-state index in [9.17, 15) is 5.11 Å². The van der Waals surface area contributed by atoms with Gasteiger partial charge in [-0.3, -0.25) is 0 Å². The van der Waals surface area contributed by atoms with Crippen LogP contribution in [0.5, 0.6) is 5.75 Å². The predicted molar refractivity (Wildman–Crippen MR) is 50.1 cm³/mol. The predicted octanol–water partition coefficient (Wildman–Crippen LogP) is 2.11. The van der Waals surface area contributed by atoms with Crippen molar-refractivity contribution >= 4 is 0 Å². The zero-order chi connectivity index (χ0) is 9.14. The summed E-state index contributed by atoms with van der Waals surface area (Å²) in [6.45, 7) is 3.90. The maximum absolute atomic E-state index is 9.39. The molecule has 0 fully saturated rings. The summed E-state index contributed by atoms with van der Waals surface area (Å²) in [5.41, 5.74) is 7.69. The molecule has 1 unspecified atom stereocenters. The molecule has 0 aromatic heterocycles. The molecule has 1 aromatic carbocycles. The molecule has 12 heavy (non-hydrogen) atoms. The zero-order valence-electron chi connectivity index (χ0n) is 7.54. The van der Waals surface area contributed by atoms with Crippen molar-refractivity contribution in [2.24, 2.45) is 5.73 Å². The van der Waals surface area contributed by atoms with Crippen LogP contribution in [-0.4, -0.2) is 5.11 Å². The van der Waals surface area contributed by atoms with E-state index in [1.54, 1.807) is 6.07 Å². The Balaban J connectivity index is 2.96. The summed E-state index contributed by atoms with van der Waals surface area (Å²) in [4.78, 5) is 0. The van der Waals surface area contributed by atoms with Gasteiger partial charge in [-0.25, -0.2) is 0 Å². The van der Waals surface area contributed by atoms with E-state index in [4.69, 9.17) is 5.73 Å². The number of phenolic OH excluding ortho intramolecular Hbond substituents is 1. The van der Waals surface area contributed by atoms with Crippen LogP contribution < -0.4 is 5.73 Å². The molecule has 0 aliphatic heterocycles. The Kier molecular flexibility index (Phi) is 2.71. The third-order valence-corrected chi connectivity index (χ3v) is 2.10. The second-order valence-electron chi connectivity index (χ2n) is 3.06. The number of aromatic hydroxyl groups is 1. The number of hydrogen-bond donors (Lipinski definition) is 2. The Bertz CT molecular complexity index is 271. The first-order valence-corrected chi connectivity index (χ1v) is 4.20. The summed E-state index contributed by atoms with van der Waals surface area (Å²) in [6, 6.07) is 5.63. The van der Waals surface area contributed by atoms with Crippen molar-refractivity contribution in [1.82, 2.24) is 0 Å². The van der Waals surface area contributed by atoms with E-state index in [1.807, 2.05) is 26.0 Å². The fourth-order valence-corrected chi connectivity index (χ4v) is 1.09. The van der Waals surface area contributed by atoms with Gasteiger partial charge in [-0.2, -0.15) is 0 Å². The molecular weight excluding hydrogens is 150 g/mol. The SMILES string of the molecule is CCC(N)c1ccc(C)c(O)c1. The maximum Gasteiger partial charge on any atom is 0.118 e. The molecule has 0 aliphatic carbocycles. The summed E-state index contributed by atoms with van der Waals surface area (Å²) < 4.78 is 0. The third-order valence-electron chi connectivity index (χ3n) is 2.10. The summed E-state index contributed by atoms with van der Waals surface area (Å²) in [5.74, 6) is 0.330. The van der Waals surface area contributed by atoms with Gasteiger partial charge in [0.15, 0.2) is 0 Å². The van der Waals surface area contributed by atoms with Crippen molar-refractivity contribution in [2.45, 2.75) is 26.3 Å². The molecule has 0 saturated heterocycles. The van der Waals surface area contributed by atoms with Crippen LogP contribution >= 0.6 is 0 Å². The number of rotatable bonds is 2. The monoisotopic (exact) mass is 165 g/mol. The van der Waals surface area contributed by atoms with Gasteiger partial charge in [-0.15, -0.1) is 0 Å². The van der Waals surface area contributed by atoms with Crippen LogP contribution in [0.2, 0.25) is 0 Å². The van der Waals surface area contributed by atoms with Gasteiger partial charge < -0.3 is 10.8 Å². The number of nitrogens with two attached hydrogens (primary N) is 1. The highest BCUT2D eigenvalue weighted by Crippen LogP contribution is 2.22. The Labute approximate surface area is 73.0 Å². The van der Waals surface area contributed by atoms with Gasteiger partial charge in [-0.05, 0) is 30.5 Å². The molecule has 66 valence electrons. The number of benzene rings is 1. The summed E-state index contributed by atoms with van der Waals surface area (Å²) >= 11 is 0. The highest BCUT2D eigenvalue weighted by atomic mass is 16.3. The summed E-state index contributed by atoms with van der Waals surface area (Å²) in [6.07, 6.45) is 0.891. The van der Waals surface area contributed by atoms with Gasteiger partial charge in [-0.1, -0.05) is 19.1 Å². The third kappa shape index (κ3) is 1.77. The molecule has 0 heterocycles. The topological polar surface area (TPSA) is 46.2 Å². The number of hydrogen-bond acceptors (Lipinski definition) is 2. The van der Waals surface area contributed by atoms with Crippen molar-refractivity contribution < 1.29 is 5.11 Å². The molecule has 2 heteroatoms. The van der Waals surface area contributed by atoms with Crippen LogP contribution in [0.3, 0.4) is 0 Å². The lowest BCUT2D eigenvalue weighted by molar-refractivity contribution is 0.469. The van der Waals surface area contributed by atoms with E-state index in [1.165, 1.54) is 0 Å². The van der Waals surface area contributed by atoms with Gasteiger partial charge in [0.1, 0.15) is 5.75 Å². The lowest BCUT2D eigenvalue weighted by Crippen LogP contribution is -2.08.